The van der Waals surface area contributed by atoms with E-state index >= 15 is 0 Å². The first-order valence-electron chi connectivity index (χ1n) is 10.6. The first-order valence-corrected chi connectivity index (χ1v) is 10.6. The number of pyridine rings is 1. The predicted molar refractivity (Wildman–Crippen MR) is 126 cm³/mol. The van der Waals surface area contributed by atoms with Crippen molar-refractivity contribution in [3.8, 4) is 11.1 Å². The molecular formula is C25H26F2N4O3. The van der Waals surface area contributed by atoms with Gasteiger partial charge in [-0.1, -0.05) is 19.9 Å². The second-order valence-corrected chi connectivity index (χ2v) is 8.38. The molecule has 0 saturated heterocycles. The average molecular weight is 469 g/mol. The normalized spacial score (nSPS) is 11.9. The molecule has 3 rings (SSSR count). The third kappa shape index (κ3) is 5.93. The van der Waals surface area contributed by atoms with Crippen LogP contribution in [0.15, 0.2) is 48.7 Å². The van der Waals surface area contributed by atoms with E-state index in [9.17, 15) is 23.5 Å². The molecule has 0 fully saturated rings. The summed E-state index contributed by atoms with van der Waals surface area (Å²) < 4.78 is 26.8. The number of nitrogens with two attached hydrogens (primary N) is 1. The largest absolute Gasteiger partial charge is 0.383 e. The van der Waals surface area contributed by atoms with E-state index in [1.807, 2.05) is 13.8 Å². The highest BCUT2D eigenvalue weighted by Crippen LogP contribution is 2.28. The molecule has 0 saturated carbocycles. The van der Waals surface area contributed by atoms with E-state index in [0.717, 1.165) is 23.3 Å². The van der Waals surface area contributed by atoms with Crippen molar-refractivity contribution < 1.29 is 23.5 Å². The number of halogens is 2. The molecule has 0 spiro atoms. The molecule has 2 aromatic carbocycles. The molecule has 0 unspecified atom stereocenters. The molecule has 5 N–H and O–H groups in total. The Bertz CT molecular complexity index is 1210. The number of nitrogens with one attached hydrogen (secondary N) is 2. The Balaban J connectivity index is 1.79. The average Bonchev–Trinajstić information content (AvgIpc) is 2.77. The fourth-order valence-electron chi connectivity index (χ4n) is 3.36. The van der Waals surface area contributed by atoms with Crippen molar-refractivity contribution in [1.82, 2.24) is 10.3 Å². The van der Waals surface area contributed by atoms with Gasteiger partial charge in [-0.25, -0.2) is 13.8 Å². The molecule has 0 radical (unpaired) electrons. The zero-order valence-electron chi connectivity index (χ0n) is 19.0. The third-order valence-corrected chi connectivity index (χ3v) is 5.09. The Morgan fingerprint density at radius 2 is 1.76 bits per heavy atom. The summed E-state index contributed by atoms with van der Waals surface area (Å²) in [5, 5.41) is 15.5. The van der Waals surface area contributed by atoms with E-state index in [1.54, 1.807) is 37.4 Å². The molecule has 9 heteroatoms. The SMILES string of the molecule is Cc1cc(NC(=O)[C@H](O)c2cc(F)cc(F)c2)ccc1-c1cnc(N)c(C(=O)NCC(C)C)c1. The summed E-state index contributed by atoms with van der Waals surface area (Å²) in [5.41, 5.74) is 8.52. The summed E-state index contributed by atoms with van der Waals surface area (Å²) in [6, 6.07) is 9.09. The lowest BCUT2D eigenvalue weighted by Gasteiger charge is -2.14. The maximum atomic E-state index is 13.4. The van der Waals surface area contributed by atoms with Gasteiger partial charge in [0, 0.05) is 30.1 Å². The maximum absolute atomic E-state index is 13.4. The van der Waals surface area contributed by atoms with E-state index < -0.39 is 23.6 Å². The lowest BCUT2D eigenvalue weighted by Crippen LogP contribution is -2.28. The highest BCUT2D eigenvalue weighted by Gasteiger charge is 2.20. The fraction of sp³-hybridized carbons (Fsp3) is 0.240. The number of rotatable bonds is 7. The number of aryl methyl sites for hydroxylation is 1. The van der Waals surface area contributed by atoms with Gasteiger partial charge in [0.1, 0.15) is 17.5 Å². The molecule has 0 aliphatic heterocycles. The van der Waals surface area contributed by atoms with Crippen LogP contribution in [0, 0.1) is 24.5 Å². The van der Waals surface area contributed by atoms with Crippen LogP contribution in [-0.2, 0) is 4.79 Å². The van der Waals surface area contributed by atoms with Gasteiger partial charge in [0.25, 0.3) is 11.8 Å². The van der Waals surface area contributed by atoms with Gasteiger partial charge in [-0.3, -0.25) is 9.59 Å². The Labute approximate surface area is 196 Å². The maximum Gasteiger partial charge on any atom is 0.257 e. The molecule has 0 aliphatic carbocycles. The number of nitrogens with zero attached hydrogens (tertiary/aromatic N) is 1. The van der Waals surface area contributed by atoms with Crippen LogP contribution in [0.5, 0.6) is 0 Å². The molecule has 0 bridgehead atoms. The monoisotopic (exact) mass is 468 g/mol. The van der Waals surface area contributed by atoms with Crippen molar-refractivity contribution in [3.05, 3.63) is 77.0 Å². The van der Waals surface area contributed by atoms with Crippen LogP contribution in [0.1, 0.15) is 41.4 Å². The fourth-order valence-corrected chi connectivity index (χ4v) is 3.36. The van der Waals surface area contributed by atoms with E-state index in [-0.39, 0.29) is 28.8 Å². The van der Waals surface area contributed by atoms with Crippen LogP contribution in [0.3, 0.4) is 0 Å². The van der Waals surface area contributed by atoms with Crippen molar-refractivity contribution in [3.63, 3.8) is 0 Å². The molecule has 3 aromatic rings. The highest BCUT2D eigenvalue weighted by molar-refractivity contribution is 5.99. The summed E-state index contributed by atoms with van der Waals surface area (Å²) in [6.07, 6.45) is -0.199. The van der Waals surface area contributed by atoms with Gasteiger partial charge in [-0.2, -0.15) is 0 Å². The summed E-state index contributed by atoms with van der Waals surface area (Å²) >= 11 is 0. The van der Waals surface area contributed by atoms with Gasteiger partial charge in [-0.05, 0) is 59.9 Å². The van der Waals surface area contributed by atoms with Crippen LogP contribution < -0.4 is 16.4 Å². The van der Waals surface area contributed by atoms with Crippen molar-refractivity contribution in [2.24, 2.45) is 5.92 Å². The van der Waals surface area contributed by atoms with Crippen molar-refractivity contribution in [2.75, 3.05) is 17.6 Å². The molecular weight excluding hydrogens is 442 g/mol. The van der Waals surface area contributed by atoms with Gasteiger partial charge in [0.2, 0.25) is 0 Å². The second-order valence-electron chi connectivity index (χ2n) is 8.38. The predicted octanol–water partition coefficient (Wildman–Crippen LogP) is 3.98. The van der Waals surface area contributed by atoms with Crippen molar-refractivity contribution in [2.45, 2.75) is 26.9 Å². The quantitative estimate of drug-likeness (QED) is 0.419. The van der Waals surface area contributed by atoms with Gasteiger partial charge in [-0.15, -0.1) is 0 Å². The second kappa shape index (κ2) is 10.4. The number of carbonyl (C=O) groups is 2. The molecule has 7 nitrogen and oxygen atoms in total. The van der Waals surface area contributed by atoms with Crippen molar-refractivity contribution >= 4 is 23.3 Å². The summed E-state index contributed by atoms with van der Waals surface area (Å²) in [7, 11) is 0. The van der Waals surface area contributed by atoms with Gasteiger partial charge < -0.3 is 21.5 Å². The highest BCUT2D eigenvalue weighted by atomic mass is 19.1. The van der Waals surface area contributed by atoms with E-state index in [4.69, 9.17) is 5.73 Å². The Morgan fingerprint density at radius 3 is 2.38 bits per heavy atom. The lowest BCUT2D eigenvalue weighted by molar-refractivity contribution is -0.124. The zero-order valence-corrected chi connectivity index (χ0v) is 19.0. The molecule has 2 amide bonds. The number of aliphatic hydroxyl groups excluding tert-OH is 1. The van der Waals surface area contributed by atoms with Crippen molar-refractivity contribution in [1.29, 1.82) is 0 Å². The minimum absolute atomic E-state index is 0.120. The molecule has 1 heterocycles. The zero-order chi connectivity index (χ0) is 25.0. The first-order chi connectivity index (χ1) is 16.0. The standard InChI is InChI=1S/C25H26F2N4O3/c1-13(2)11-30-24(33)21-9-16(12-29-23(21)28)20-5-4-19(6-14(20)3)31-25(34)22(32)15-7-17(26)10-18(27)8-15/h4-10,12-13,22,32H,11H2,1-3H3,(H2,28,29)(H,30,33)(H,31,34)/t22-/m1/s1. The number of carbonyl (C=O) groups excluding carboxylic acids is 2. The number of aromatic nitrogens is 1. The number of hydrogen-bond acceptors (Lipinski definition) is 5. The van der Waals surface area contributed by atoms with Gasteiger partial charge >= 0.3 is 0 Å². The number of nitrogen functional groups attached to an aromatic ring is 1. The Morgan fingerprint density at radius 1 is 1.09 bits per heavy atom. The number of anilines is 2. The number of aliphatic hydroxyl groups is 1. The number of amides is 2. The van der Waals surface area contributed by atoms with Crippen LogP contribution in [0.2, 0.25) is 0 Å². The lowest BCUT2D eigenvalue weighted by atomic mass is 9.99. The summed E-state index contributed by atoms with van der Waals surface area (Å²) in [4.78, 5) is 29.0. The van der Waals surface area contributed by atoms with Gasteiger partial charge in [0.05, 0.1) is 5.56 Å². The summed E-state index contributed by atoms with van der Waals surface area (Å²) in [5.74, 6) is -2.54. The molecule has 34 heavy (non-hydrogen) atoms. The molecule has 0 aliphatic rings. The minimum atomic E-state index is -1.75. The van der Waals surface area contributed by atoms with E-state index in [2.05, 4.69) is 15.6 Å². The van der Waals surface area contributed by atoms with E-state index in [1.165, 1.54) is 0 Å². The number of benzene rings is 2. The minimum Gasteiger partial charge on any atom is -0.383 e. The van der Waals surface area contributed by atoms with E-state index in [0.29, 0.717) is 23.9 Å². The topological polar surface area (TPSA) is 117 Å². The number of hydrogen-bond donors (Lipinski definition) is 4. The third-order valence-electron chi connectivity index (χ3n) is 5.09. The summed E-state index contributed by atoms with van der Waals surface area (Å²) in [6.45, 7) is 6.27. The Hall–Kier alpha value is -3.85. The van der Waals surface area contributed by atoms with Crippen LogP contribution in [0.4, 0.5) is 20.3 Å². The molecule has 1 atom stereocenters. The van der Waals surface area contributed by atoms with Crippen LogP contribution in [0.25, 0.3) is 11.1 Å². The van der Waals surface area contributed by atoms with Crippen LogP contribution in [-0.4, -0.2) is 28.4 Å². The van der Waals surface area contributed by atoms with Crippen LogP contribution >= 0.6 is 0 Å². The van der Waals surface area contributed by atoms with Gasteiger partial charge in [0.15, 0.2) is 6.10 Å². The smallest absolute Gasteiger partial charge is 0.257 e. The molecule has 1 aromatic heterocycles. The first kappa shape index (κ1) is 24.8. The molecule has 178 valence electrons. The Kier molecular flexibility index (Phi) is 7.57.